The predicted molar refractivity (Wildman–Crippen MR) is 65.0 cm³/mol. The van der Waals surface area contributed by atoms with Crippen LogP contribution in [0.25, 0.3) is 5.65 Å². The van der Waals surface area contributed by atoms with E-state index in [0.717, 1.165) is 0 Å². The Morgan fingerprint density at radius 3 is 3.06 bits per heavy atom. The summed E-state index contributed by atoms with van der Waals surface area (Å²) < 4.78 is 1.84. The number of nitrogens with zero attached hydrogens (tertiary/aromatic N) is 4. The number of hydrogen-bond donors (Lipinski definition) is 2. The van der Waals surface area contributed by atoms with Gasteiger partial charge in [0.15, 0.2) is 11.5 Å². The van der Waals surface area contributed by atoms with Crippen molar-refractivity contribution in [2.24, 2.45) is 5.73 Å². The third-order valence-corrected chi connectivity index (χ3v) is 2.37. The van der Waals surface area contributed by atoms with E-state index < -0.39 is 5.91 Å². The third kappa shape index (κ3) is 2.12. The summed E-state index contributed by atoms with van der Waals surface area (Å²) in [7, 11) is 3.53. The number of imidazole rings is 1. The third-order valence-electron chi connectivity index (χ3n) is 2.37. The summed E-state index contributed by atoms with van der Waals surface area (Å²) in [5.74, 6) is 0.899. The Labute approximate surface area is 98.3 Å². The Morgan fingerprint density at radius 1 is 1.65 bits per heavy atom. The predicted octanol–water partition coefficient (Wildman–Crippen LogP) is -0.308. The van der Waals surface area contributed by atoms with Crippen molar-refractivity contribution in [1.82, 2.24) is 14.4 Å². The smallest absolute Gasteiger partial charge is 0.236 e. The van der Waals surface area contributed by atoms with Crippen molar-refractivity contribution in [2.75, 3.05) is 30.9 Å². The van der Waals surface area contributed by atoms with E-state index in [0.29, 0.717) is 17.3 Å². The summed E-state index contributed by atoms with van der Waals surface area (Å²) in [6.07, 6.45) is 5.32. The Hall–Kier alpha value is -2.31. The standard InChI is InChI=1S/C10H14N6O/c1-12-8-6-16-4-3-13-9(16)10(14-8)15(2)5-7(11)17/h3-4,6,12H,5H2,1-2H3,(H2,11,17). The first-order valence-corrected chi connectivity index (χ1v) is 5.12. The van der Waals surface area contributed by atoms with Crippen molar-refractivity contribution < 1.29 is 4.79 Å². The van der Waals surface area contributed by atoms with Gasteiger partial charge in [-0.1, -0.05) is 0 Å². The SMILES string of the molecule is CNc1cn2ccnc2c(N(C)CC(N)=O)n1. The highest BCUT2D eigenvalue weighted by Crippen LogP contribution is 2.18. The Bertz CT molecular complexity index is 549. The molecule has 7 nitrogen and oxygen atoms in total. The molecular weight excluding hydrogens is 220 g/mol. The molecule has 2 aromatic rings. The van der Waals surface area contributed by atoms with Crippen molar-refractivity contribution in [3.63, 3.8) is 0 Å². The lowest BCUT2D eigenvalue weighted by Crippen LogP contribution is -2.31. The molecule has 0 atom stereocenters. The number of nitrogens with two attached hydrogens (primary N) is 1. The van der Waals surface area contributed by atoms with E-state index in [1.165, 1.54) is 0 Å². The van der Waals surface area contributed by atoms with Crippen LogP contribution in [0.15, 0.2) is 18.6 Å². The summed E-state index contributed by atoms with van der Waals surface area (Å²) in [5, 5.41) is 2.95. The molecule has 7 heteroatoms. The van der Waals surface area contributed by atoms with E-state index in [4.69, 9.17) is 5.73 Å². The molecule has 17 heavy (non-hydrogen) atoms. The molecule has 0 fully saturated rings. The maximum absolute atomic E-state index is 10.9. The maximum atomic E-state index is 10.9. The van der Waals surface area contributed by atoms with E-state index >= 15 is 0 Å². The van der Waals surface area contributed by atoms with Crippen molar-refractivity contribution in [1.29, 1.82) is 0 Å². The minimum absolute atomic E-state index is 0.0999. The molecule has 0 saturated carbocycles. The Kier molecular flexibility index (Phi) is 2.82. The van der Waals surface area contributed by atoms with Crippen LogP contribution in [-0.4, -0.2) is 40.9 Å². The van der Waals surface area contributed by atoms with Crippen LogP contribution in [0.4, 0.5) is 11.6 Å². The first kappa shape index (κ1) is 11.2. The van der Waals surface area contributed by atoms with Crippen molar-refractivity contribution >= 4 is 23.2 Å². The highest BCUT2D eigenvalue weighted by atomic mass is 16.1. The second-order valence-electron chi connectivity index (χ2n) is 3.68. The number of nitrogens with one attached hydrogen (secondary N) is 1. The van der Waals surface area contributed by atoms with E-state index in [9.17, 15) is 4.79 Å². The first-order chi connectivity index (χ1) is 8.11. The zero-order valence-corrected chi connectivity index (χ0v) is 9.71. The van der Waals surface area contributed by atoms with Gasteiger partial charge < -0.3 is 20.4 Å². The molecule has 0 aliphatic heterocycles. The van der Waals surface area contributed by atoms with Crippen LogP contribution in [0.5, 0.6) is 0 Å². The minimum Gasteiger partial charge on any atom is -0.372 e. The molecule has 2 aromatic heterocycles. The molecule has 0 radical (unpaired) electrons. The second kappa shape index (κ2) is 4.28. The molecule has 0 unspecified atom stereocenters. The lowest BCUT2D eigenvalue weighted by molar-refractivity contribution is -0.116. The molecular formula is C10H14N6O. The van der Waals surface area contributed by atoms with Crippen LogP contribution in [0.2, 0.25) is 0 Å². The van der Waals surface area contributed by atoms with Crippen LogP contribution in [-0.2, 0) is 4.79 Å². The molecule has 0 saturated heterocycles. The molecule has 2 heterocycles. The number of amides is 1. The normalized spacial score (nSPS) is 10.5. The number of anilines is 2. The van der Waals surface area contributed by atoms with Gasteiger partial charge in [-0.15, -0.1) is 0 Å². The van der Waals surface area contributed by atoms with E-state index in [2.05, 4.69) is 15.3 Å². The quantitative estimate of drug-likeness (QED) is 0.757. The molecule has 2 rings (SSSR count). The average molecular weight is 234 g/mol. The molecule has 0 aliphatic carbocycles. The van der Waals surface area contributed by atoms with Crippen molar-refractivity contribution in [3.8, 4) is 0 Å². The van der Waals surface area contributed by atoms with Gasteiger partial charge in [0.2, 0.25) is 5.91 Å². The number of carbonyl (C=O) groups excluding carboxylic acids is 1. The van der Waals surface area contributed by atoms with Crippen LogP contribution in [0.3, 0.4) is 0 Å². The van der Waals surface area contributed by atoms with Crippen LogP contribution in [0, 0.1) is 0 Å². The molecule has 0 spiro atoms. The molecule has 0 aromatic carbocycles. The molecule has 1 amide bonds. The van der Waals surface area contributed by atoms with Gasteiger partial charge in [0.25, 0.3) is 0 Å². The fourth-order valence-corrected chi connectivity index (χ4v) is 1.60. The number of likely N-dealkylation sites (N-methyl/N-ethyl adjacent to an activating group) is 1. The number of primary amides is 1. The Balaban J connectivity index is 2.49. The van der Waals surface area contributed by atoms with Gasteiger partial charge in [0.1, 0.15) is 5.82 Å². The number of hydrogen-bond acceptors (Lipinski definition) is 5. The highest BCUT2D eigenvalue weighted by Gasteiger charge is 2.12. The lowest BCUT2D eigenvalue weighted by atomic mass is 10.4. The van der Waals surface area contributed by atoms with Crippen molar-refractivity contribution in [3.05, 3.63) is 18.6 Å². The van der Waals surface area contributed by atoms with Crippen LogP contribution in [0.1, 0.15) is 0 Å². The lowest BCUT2D eigenvalue weighted by Gasteiger charge is -2.17. The van der Waals surface area contributed by atoms with E-state index in [1.54, 1.807) is 25.2 Å². The fraction of sp³-hybridized carbons (Fsp3) is 0.300. The zero-order chi connectivity index (χ0) is 12.4. The van der Waals surface area contributed by atoms with Gasteiger partial charge in [-0.2, -0.15) is 0 Å². The molecule has 90 valence electrons. The molecule has 0 bridgehead atoms. The van der Waals surface area contributed by atoms with Gasteiger partial charge in [0, 0.05) is 26.5 Å². The van der Waals surface area contributed by atoms with Crippen LogP contribution >= 0.6 is 0 Å². The van der Waals surface area contributed by atoms with Crippen molar-refractivity contribution in [2.45, 2.75) is 0 Å². The second-order valence-corrected chi connectivity index (χ2v) is 3.68. The zero-order valence-electron chi connectivity index (χ0n) is 9.71. The summed E-state index contributed by atoms with van der Waals surface area (Å²) in [5.41, 5.74) is 5.86. The summed E-state index contributed by atoms with van der Waals surface area (Å²) in [6.45, 7) is 0.0999. The number of carbonyl (C=O) groups is 1. The van der Waals surface area contributed by atoms with Gasteiger partial charge >= 0.3 is 0 Å². The van der Waals surface area contributed by atoms with E-state index in [1.807, 2.05) is 16.8 Å². The number of fused-ring (bicyclic) bond motifs is 1. The van der Waals surface area contributed by atoms with Gasteiger partial charge in [-0.25, -0.2) is 9.97 Å². The maximum Gasteiger partial charge on any atom is 0.236 e. The summed E-state index contributed by atoms with van der Waals surface area (Å²) in [4.78, 5) is 21.2. The topological polar surface area (TPSA) is 88.5 Å². The summed E-state index contributed by atoms with van der Waals surface area (Å²) in [6, 6.07) is 0. The largest absolute Gasteiger partial charge is 0.372 e. The molecule has 3 N–H and O–H groups in total. The monoisotopic (exact) mass is 234 g/mol. The minimum atomic E-state index is -0.408. The fourth-order valence-electron chi connectivity index (χ4n) is 1.60. The number of rotatable bonds is 4. The molecule has 0 aliphatic rings. The van der Waals surface area contributed by atoms with E-state index in [-0.39, 0.29) is 6.54 Å². The highest BCUT2D eigenvalue weighted by molar-refractivity contribution is 5.81. The Morgan fingerprint density at radius 2 is 2.41 bits per heavy atom. The summed E-state index contributed by atoms with van der Waals surface area (Å²) >= 11 is 0. The average Bonchev–Trinajstić information content (AvgIpc) is 2.74. The number of aromatic nitrogens is 3. The first-order valence-electron chi connectivity index (χ1n) is 5.12. The van der Waals surface area contributed by atoms with Crippen LogP contribution < -0.4 is 16.0 Å². The van der Waals surface area contributed by atoms with Gasteiger partial charge in [0.05, 0.1) is 12.7 Å². The van der Waals surface area contributed by atoms with Gasteiger partial charge in [-0.3, -0.25) is 4.79 Å². The van der Waals surface area contributed by atoms with Gasteiger partial charge in [-0.05, 0) is 0 Å².